The minimum absolute atomic E-state index is 0.0201. The van der Waals surface area contributed by atoms with Gasteiger partial charge in [-0.2, -0.15) is 0 Å². The number of carbonyl (C=O) groups excluding carboxylic acids is 1. The third-order valence-electron chi connectivity index (χ3n) is 3.20. The molecule has 4 heteroatoms. The number of rotatable bonds is 3. The van der Waals surface area contributed by atoms with Gasteiger partial charge in [-0.1, -0.05) is 15.9 Å². The van der Waals surface area contributed by atoms with Gasteiger partial charge < -0.3 is 5.32 Å². The predicted octanol–water partition coefficient (Wildman–Crippen LogP) is 4.93. The van der Waals surface area contributed by atoms with E-state index in [-0.39, 0.29) is 11.9 Å². The van der Waals surface area contributed by atoms with Gasteiger partial charge >= 0.3 is 0 Å². The first-order valence-corrected chi connectivity index (χ1v) is 8.12. The number of hydrogen-bond acceptors (Lipinski definition) is 2. The highest BCUT2D eigenvalue weighted by Gasteiger charge is 2.15. The highest BCUT2D eigenvalue weighted by atomic mass is 79.9. The average Bonchev–Trinajstić information content (AvgIpc) is 2.67. The fourth-order valence-corrected chi connectivity index (χ4v) is 3.94. The second-order valence-electron chi connectivity index (χ2n) is 5.08. The first-order chi connectivity index (χ1) is 9.36. The van der Waals surface area contributed by atoms with E-state index >= 15 is 0 Å². The Hall–Kier alpha value is -1.13. The molecule has 0 saturated heterocycles. The summed E-state index contributed by atoms with van der Waals surface area (Å²) < 4.78 is 0.929. The van der Waals surface area contributed by atoms with Gasteiger partial charge in [-0.3, -0.25) is 4.79 Å². The van der Waals surface area contributed by atoms with Crippen molar-refractivity contribution in [2.75, 3.05) is 0 Å². The molecule has 2 aromatic rings. The number of nitrogens with one attached hydrogen (secondary N) is 1. The lowest BCUT2D eigenvalue weighted by Crippen LogP contribution is -2.26. The summed E-state index contributed by atoms with van der Waals surface area (Å²) in [6, 6.07) is 7.91. The molecule has 2 rings (SSSR count). The van der Waals surface area contributed by atoms with E-state index in [0.29, 0.717) is 5.56 Å². The van der Waals surface area contributed by atoms with Crippen molar-refractivity contribution in [1.82, 2.24) is 5.32 Å². The Morgan fingerprint density at radius 3 is 2.45 bits per heavy atom. The van der Waals surface area contributed by atoms with E-state index in [1.807, 2.05) is 32.0 Å². The molecule has 0 aliphatic rings. The molecule has 0 saturated carbocycles. The molecule has 0 aliphatic heterocycles. The van der Waals surface area contributed by atoms with Crippen LogP contribution in [0.25, 0.3) is 0 Å². The van der Waals surface area contributed by atoms with Crippen molar-refractivity contribution in [1.29, 1.82) is 0 Å². The van der Waals surface area contributed by atoms with Crippen LogP contribution in [0, 0.1) is 20.8 Å². The summed E-state index contributed by atoms with van der Waals surface area (Å²) in [5, 5.41) is 3.07. The highest BCUT2D eigenvalue weighted by Crippen LogP contribution is 2.26. The minimum Gasteiger partial charge on any atom is -0.345 e. The summed E-state index contributed by atoms with van der Waals surface area (Å²) in [5.41, 5.74) is 2.96. The van der Waals surface area contributed by atoms with E-state index in [4.69, 9.17) is 0 Å². The number of amides is 1. The van der Waals surface area contributed by atoms with Crippen LogP contribution in [0.5, 0.6) is 0 Å². The number of aryl methyl sites for hydroxylation is 3. The zero-order valence-corrected chi connectivity index (χ0v) is 14.5. The molecule has 1 aromatic carbocycles. The lowest BCUT2D eigenvalue weighted by atomic mass is 10.1. The second-order valence-corrected chi connectivity index (χ2v) is 7.46. The number of carbonyl (C=O) groups is 1. The Morgan fingerprint density at radius 2 is 1.90 bits per heavy atom. The molecule has 1 unspecified atom stereocenters. The van der Waals surface area contributed by atoms with Gasteiger partial charge in [-0.25, -0.2) is 0 Å². The topological polar surface area (TPSA) is 29.1 Å². The molecular weight excluding hydrogens is 334 g/mol. The van der Waals surface area contributed by atoms with Crippen molar-refractivity contribution < 1.29 is 4.79 Å². The van der Waals surface area contributed by atoms with E-state index in [0.717, 1.165) is 10.0 Å². The van der Waals surface area contributed by atoms with E-state index in [9.17, 15) is 4.79 Å². The van der Waals surface area contributed by atoms with E-state index < -0.39 is 0 Å². The molecule has 0 aliphatic carbocycles. The summed E-state index contributed by atoms with van der Waals surface area (Å²) in [4.78, 5) is 14.9. The molecule has 106 valence electrons. The van der Waals surface area contributed by atoms with Gasteiger partial charge in [-0.05, 0) is 63.1 Å². The lowest BCUT2D eigenvalue weighted by Gasteiger charge is -2.14. The number of hydrogen-bond donors (Lipinski definition) is 1. The van der Waals surface area contributed by atoms with Gasteiger partial charge in [0.25, 0.3) is 5.91 Å². The summed E-state index contributed by atoms with van der Waals surface area (Å²) in [6.07, 6.45) is 0. The Morgan fingerprint density at radius 1 is 1.20 bits per heavy atom. The fraction of sp³-hybridized carbons (Fsp3) is 0.312. The average molecular weight is 352 g/mol. The molecule has 0 radical (unpaired) electrons. The Balaban J connectivity index is 2.17. The van der Waals surface area contributed by atoms with Crippen LogP contribution in [0.1, 0.15) is 44.2 Å². The molecule has 0 spiro atoms. The number of thiophene rings is 1. The molecule has 0 bridgehead atoms. The van der Waals surface area contributed by atoms with Gasteiger partial charge in [0.1, 0.15) is 0 Å². The van der Waals surface area contributed by atoms with Crippen LogP contribution in [0.3, 0.4) is 0 Å². The van der Waals surface area contributed by atoms with Crippen molar-refractivity contribution in [3.8, 4) is 0 Å². The zero-order valence-electron chi connectivity index (χ0n) is 12.1. The van der Waals surface area contributed by atoms with Gasteiger partial charge in [0.15, 0.2) is 0 Å². The predicted molar refractivity (Wildman–Crippen MR) is 88.6 cm³/mol. The second kappa shape index (κ2) is 6.10. The smallest absolute Gasteiger partial charge is 0.251 e. The Kier molecular flexibility index (Phi) is 4.66. The largest absolute Gasteiger partial charge is 0.345 e. The van der Waals surface area contributed by atoms with Gasteiger partial charge in [0.2, 0.25) is 0 Å². The molecular formula is C16H18BrNOS. The zero-order chi connectivity index (χ0) is 14.9. The molecule has 1 atom stereocenters. The van der Waals surface area contributed by atoms with Crippen LogP contribution >= 0.6 is 27.3 Å². The van der Waals surface area contributed by atoms with Crippen LogP contribution in [0.15, 0.2) is 28.7 Å². The van der Waals surface area contributed by atoms with Gasteiger partial charge in [-0.15, -0.1) is 11.3 Å². The molecule has 1 aromatic heterocycles. The first kappa shape index (κ1) is 15.3. The summed E-state index contributed by atoms with van der Waals surface area (Å²) >= 11 is 5.20. The summed E-state index contributed by atoms with van der Waals surface area (Å²) in [6.45, 7) is 8.20. The Bertz CT molecular complexity index is 628. The van der Waals surface area contributed by atoms with Crippen molar-refractivity contribution >= 4 is 33.2 Å². The third-order valence-corrected chi connectivity index (χ3v) is 4.64. The summed E-state index contributed by atoms with van der Waals surface area (Å²) in [5.74, 6) is -0.0369. The van der Waals surface area contributed by atoms with Crippen molar-refractivity contribution in [3.63, 3.8) is 0 Å². The number of halogens is 1. The molecule has 20 heavy (non-hydrogen) atoms. The van der Waals surface area contributed by atoms with Crippen LogP contribution in [0.2, 0.25) is 0 Å². The van der Waals surface area contributed by atoms with E-state index in [2.05, 4.69) is 41.2 Å². The van der Waals surface area contributed by atoms with Gasteiger partial charge in [0, 0.05) is 19.8 Å². The molecule has 1 N–H and O–H groups in total. The molecule has 1 heterocycles. The quantitative estimate of drug-likeness (QED) is 0.834. The minimum atomic E-state index is -0.0369. The monoisotopic (exact) mass is 351 g/mol. The molecule has 0 fully saturated rings. The van der Waals surface area contributed by atoms with Crippen molar-refractivity contribution in [3.05, 3.63) is 55.2 Å². The van der Waals surface area contributed by atoms with Crippen LogP contribution in [-0.4, -0.2) is 5.91 Å². The third kappa shape index (κ3) is 3.49. The first-order valence-electron chi connectivity index (χ1n) is 6.52. The maximum Gasteiger partial charge on any atom is 0.251 e. The maximum atomic E-state index is 12.3. The van der Waals surface area contributed by atoms with Crippen LogP contribution < -0.4 is 5.32 Å². The normalized spacial score (nSPS) is 12.2. The van der Waals surface area contributed by atoms with Crippen LogP contribution in [0.4, 0.5) is 0 Å². The van der Waals surface area contributed by atoms with Crippen LogP contribution in [-0.2, 0) is 0 Å². The lowest BCUT2D eigenvalue weighted by molar-refractivity contribution is 0.0939. The highest BCUT2D eigenvalue weighted by molar-refractivity contribution is 9.10. The summed E-state index contributed by atoms with van der Waals surface area (Å²) in [7, 11) is 0. The van der Waals surface area contributed by atoms with E-state index in [1.165, 1.54) is 15.3 Å². The maximum absolute atomic E-state index is 12.3. The van der Waals surface area contributed by atoms with Crippen molar-refractivity contribution in [2.45, 2.75) is 33.7 Å². The molecule has 2 nitrogen and oxygen atoms in total. The Labute approximate surface area is 132 Å². The standard InChI is InChI=1S/C16H18BrNOS/c1-9-5-13(8-14(17)6-9)16(19)18-11(3)15-7-10(2)20-12(15)4/h5-8,11H,1-4H3,(H,18,19). The fourth-order valence-electron chi connectivity index (χ4n) is 2.31. The molecule has 1 amide bonds. The SMILES string of the molecule is Cc1cc(Br)cc(C(=O)NC(C)c2cc(C)sc2C)c1. The van der Waals surface area contributed by atoms with Crippen molar-refractivity contribution in [2.24, 2.45) is 0 Å². The number of benzene rings is 1. The van der Waals surface area contributed by atoms with Gasteiger partial charge in [0.05, 0.1) is 6.04 Å². The van der Waals surface area contributed by atoms with E-state index in [1.54, 1.807) is 11.3 Å².